The molecule has 0 unspecified atom stereocenters. The molecule has 5 aromatic rings. The molecule has 0 radical (unpaired) electrons. The Labute approximate surface area is 228 Å². The standard InChI is InChI=1S/C33H33N3O3/c1-22-31(19-36-21-35-29-8-4-5-9-30(29)36)38-33(39-32(22)25-12-10-23(20-37)11-13-25)26-16-14-24(15-17-26)28-7-3-2-6-27(28)18-34/h2-17,21-22,31-33,37H,18-20,34H2,1H3/t22-,31+,32+,33+/m0/s1. The maximum Gasteiger partial charge on any atom is 0.184 e. The lowest BCUT2D eigenvalue weighted by Gasteiger charge is -2.41. The van der Waals surface area contributed by atoms with Crippen molar-refractivity contribution in [2.45, 2.75) is 45.1 Å². The lowest BCUT2D eigenvalue weighted by atomic mass is 9.90. The van der Waals surface area contributed by atoms with Gasteiger partial charge in [-0.25, -0.2) is 4.98 Å². The number of aromatic nitrogens is 2. The number of benzene rings is 4. The summed E-state index contributed by atoms with van der Waals surface area (Å²) in [6, 6.07) is 32.8. The van der Waals surface area contributed by atoms with Crippen molar-refractivity contribution in [3.05, 3.63) is 126 Å². The second-order valence-corrected chi connectivity index (χ2v) is 10.2. The molecule has 0 bridgehead atoms. The number of nitrogens with zero attached hydrogens (tertiary/aromatic N) is 2. The molecule has 6 rings (SSSR count). The number of hydrogen-bond donors (Lipinski definition) is 2. The normalized spacial score (nSPS) is 21.3. The minimum Gasteiger partial charge on any atom is -0.392 e. The number of aliphatic hydroxyl groups excluding tert-OH is 1. The van der Waals surface area contributed by atoms with E-state index in [4.69, 9.17) is 15.2 Å². The second kappa shape index (κ2) is 11.1. The predicted octanol–water partition coefficient (Wildman–Crippen LogP) is 6.15. The summed E-state index contributed by atoms with van der Waals surface area (Å²) < 4.78 is 15.5. The number of aliphatic hydroxyl groups is 1. The van der Waals surface area contributed by atoms with Crippen molar-refractivity contribution in [1.29, 1.82) is 0 Å². The van der Waals surface area contributed by atoms with Crippen molar-refractivity contribution in [2.24, 2.45) is 11.7 Å². The molecule has 1 aromatic heterocycles. The highest BCUT2D eigenvalue weighted by molar-refractivity contribution is 5.75. The van der Waals surface area contributed by atoms with Crippen LogP contribution in [0.25, 0.3) is 22.2 Å². The largest absolute Gasteiger partial charge is 0.392 e. The van der Waals surface area contributed by atoms with Gasteiger partial charge in [-0.05, 0) is 39.9 Å². The van der Waals surface area contributed by atoms with E-state index in [0.717, 1.165) is 44.4 Å². The van der Waals surface area contributed by atoms with Crippen LogP contribution in [0.15, 0.2) is 103 Å². The molecule has 1 fully saturated rings. The Morgan fingerprint density at radius 1 is 0.846 bits per heavy atom. The molecule has 0 amide bonds. The smallest absolute Gasteiger partial charge is 0.184 e. The van der Waals surface area contributed by atoms with Crippen LogP contribution >= 0.6 is 0 Å². The summed E-state index contributed by atoms with van der Waals surface area (Å²) in [4.78, 5) is 4.58. The van der Waals surface area contributed by atoms with E-state index in [1.807, 2.05) is 60.9 Å². The lowest BCUT2D eigenvalue weighted by Crippen LogP contribution is -2.39. The average Bonchev–Trinajstić information content (AvgIpc) is 3.41. The number of rotatable bonds is 7. The molecule has 1 aliphatic rings. The molecular weight excluding hydrogens is 486 g/mol. The van der Waals surface area contributed by atoms with Crippen molar-refractivity contribution < 1.29 is 14.6 Å². The van der Waals surface area contributed by atoms with Crippen LogP contribution in [0.3, 0.4) is 0 Å². The van der Waals surface area contributed by atoms with Gasteiger partial charge in [-0.2, -0.15) is 0 Å². The third-order valence-corrected chi connectivity index (χ3v) is 7.76. The molecule has 4 atom stereocenters. The van der Waals surface area contributed by atoms with Crippen LogP contribution in [0, 0.1) is 5.92 Å². The minimum atomic E-state index is -0.526. The van der Waals surface area contributed by atoms with Gasteiger partial charge in [0.05, 0.1) is 42.7 Å². The summed E-state index contributed by atoms with van der Waals surface area (Å²) in [5.74, 6) is 0.0816. The molecule has 0 spiro atoms. The van der Waals surface area contributed by atoms with Crippen LogP contribution < -0.4 is 5.73 Å². The minimum absolute atomic E-state index is 0.0169. The van der Waals surface area contributed by atoms with E-state index in [9.17, 15) is 5.11 Å². The van der Waals surface area contributed by atoms with Gasteiger partial charge in [0, 0.05) is 18.0 Å². The second-order valence-electron chi connectivity index (χ2n) is 10.2. The number of imidazole rings is 1. The SMILES string of the molecule is C[C@H]1[C@@H](Cn2cnc3ccccc32)O[C@@H](c2ccc(-c3ccccc3CN)cc2)O[C@H]1c1ccc(CO)cc1. The van der Waals surface area contributed by atoms with E-state index in [-0.39, 0.29) is 24.7 Å². The molecule has 3 N–H and O–H groups in total. The highest BCUT2D eigenvalue weighted by Gasteiger charge is 2.38. The molecule has 0 aliphatic carbocycles. The maximum absolute atomic E-state index is 9.52. The first-order valence-electron chi connectivity index (χ1n) is 13.4. The number of ether oxygens (including phenoxy) is 2. The van der Waals surface area contributed by atoms with Gasteiger partial charge in [-0.15, -0.1) is 0 Å². The van der Waals surface area contributed by atoms with Crippen LogP contribution in [0.1, 0.15) is 41.6 Å². The van der Waals surface area contributed by atoms with Crippen LogP contribution in [0.4, 0.5) is 0 Å². The molecule has 4 aromatic carbocycles. The molecule has 39 heavy (non-hydrogen) atoms. The van der Waals surface area contributed by atoms with E-state index >= 15 is 0 Å². The van der Waals surface area contributed by atoms with Crippen LogP contribution in [-0.2, 0) is 29.2 Å². The van der Waals surface area contributed by atoms with Crippen molar-refractivity contribution in [3.8, 4) is 11.1 Å². The molecule has 1 aliphatic heterocycles. The summed E-state index contributed by atoms with van der Waals surface area (Å²) >= 11 is 0. The molecule has 0 saturated carbocycles. The molecule has 6 nitrogen and oxygen atoms in total. The summed E-state index contributed by atoms with van der Waals surface area (Å²) in [5, 5.41) is 9.52. The quantitative estimate of drug-likeness (QED) is 0.270. The van der Waals surface area contributed by atoms with E-state index in [2.05, 4.69) is 58.9 Å². The third-order valence-electron chi connectivity index (χ3n) is 7.76. The molecular formula is C33H33N3O3. The fourth-order valence-corrected chi connectivity index (χ4v) is 5.48. The van der Waals surface area contributed by atoms with Crippen LogP contribution in [0.5, 0.6) is 0 Å². The van der Waals surface area contributed by atoms with Crippen molar-refractivity contribution >= 4 is 11.0 Å². The van der Waals surface area contributed by atoms with E-state index < -0.39 is 6.29 Å². The first-order chi connectivity index (χ1) is 19.1. The van der Waals surface area contributed by atoms with E-state index in [1.54, 1.807) is 0 Å². The zero-order chi connectivity index (χ0) is 26.8. The number of hydrogen-bond acceptors (Lipinski definition) is 5. The van der Waals surface area contributed by atoms with Gasteiger partial charge in [0.25, 0.3) is 0 Å². The summed E-state index contributed by atoms with van der Waals surface area (Å²) in [6.45, 7) is 3.35. The maximum atomic E-state index is 9.52. The number of nitrogens with two attached hydrogens (primary N) is 1. The molecule has 198 valence electrons. The fraction of sp³-hybridized carbons (Fsp3) is 0.242. The van der Waals surface area contributed by atoms with Crippen LogP contribution in [-0.4, -0.2) is 20.8 Å². The molecule has 6 heteroatoms. The van der Waals surface area contributed by atoms with E-state index in [0.29, 0.717) is 13.1 Å². The Bertz CT molecular complexity index is 1550. The summed E-state index contributed by atoms with van der Waals surface area (Å²) in [5.41, 5.74) is 14.3. The zero-order valence-electron chi connectivity index (χ0n) is 22.0. The Morgan fingerprint density at radius 3 is 2.33 bits per heavy atom. The third kappa shape index (κ3) is 5.12. The van der Waals surface area contributed by atoms with Gasteiger partial charge < -0.3 is 24.9 Å². The molecule has 2 heterocycles. The van der Waals surface area contributed by atoms with Gasteiger partial charge in [-0.1, -0.05) is 91.9 Å². The van der Waals surface area contributed by atoms with E-state index in [1.165, 1.54) is 0 Å². The molecule has 1 saturated heterocycles. The number of para-hydroxylation sites is 2. The highest BCUT2D eigenvalue weighted by Crippen LogP contribution is 2.42. The Kier molecular flexibility index (Phi) is 7.26. The predicted molar refractivity (Wildman–Crippen MR) is 152 cm³/mol. The first kappa shape index (κ1) is 25.5. The highest BCUT2D eigenvalue weighted by atomic mass is 16.7. The summed E-state index contributed by atoms with van der Waals surface area (Å²) in [7, 11) is 0. The van der Waals surface area contributed by atoms with Crippen molar-refractivity contribution in [3.63, 3.8) is 0 Å². The van der Waals surface area contributed by atoms with Gasteiger partial charge >= 0.3 is 0 Å². The van der Waals surface area contributed by atoms with Crippen molar-refractivity contribution in [2.75, 3.05) is 0 Å². The zero-order valence-corrected chi connectivity index (χ0v) is 22.0. The lowest BCUT2D eigenvalue weighted by molar-refractivity contribution is -0.276. The van der Waals surface area contributed by atoms with Crippen molar-refractivity contribution in [1.82, 2.24) is 9.55 Å². The topological polar surface area (TPSA) is 82.5 Å². The average molecular weight is 520 g/mol. The summed E-state index contributed by atoms with van der Waals surface area (Å²) in [6.07, 6.45) is 1.08. The monoisotopic (exact) mass is 519 g/mol. The number of fused-ring (bicyclic) bond motifs is 1. The van der Waals surface area contributed by atoms with Gasteiger partial charge in [-0.3, -0.25) is 0 Å². The Hall–Kier alpha value is -3.81. The Balaban J connectivity index is 1.32. The van der Waals surface area contributed by atoms with Gasteiger partial charge in [0.15, 0.2) is 6.29 Å². The Morgan fingerprint density at radius 2 is 1.56 bits per heavy atom. The van der Waals surface area contributed by atoms with Gasteiger partial charge in [0.2, 0.25) is 0 Å². The fourth-order valence-electron chi connectivity index (χ4n) is 5.48. The van der Waals surface area contributed by atoms with Gasteiger partial charge in [0.1, 0.15) is 0 Å². The van der Waals surface area contributed by atoms with Crippen LogP contribution in [0.2, 0.25) is 0 Å². The first-order valence-corrected chi connectivity index (χ1v) is 13.4.